The van der Waals surface area contributed by atoms with Gasteiger partial charge in [-0.15, -0.1) is 11.3 Å². The molecule has 0 radical (unpaired) electrons. The van der Waals surface area contributed by atoms with Crippen molar-refractivity contribution in [2.45, 2.75) is 6.61 Å². The van der Waals surface area contributed by atoms with Crippen LogP contribution in [0, 0.1) is 0 Å². The summed E-state index contributed by atoms with van der Waals surface area (Å²) in [6.45, 7) is -0.230. The van der Waals surface area contributed by atoms with E-state index in [2.05, 4.69) is 26.2 Å². The molecule has 0 atom stereocenters. The summed E-state index contributed by atoms with van der Waals surface area (Å²) in [6.07, 6.45) is 1.45. The molecule has 1 amide bonds. The molecule has 0 bridgehead atoms. The third-order valence-corrected chi connectivity index (χ3v) is 4.55. The van der Waals surface area contributed by atoms with Gasteiger partial charge >= 0.3 is 5.97 Å². The van der Waals surface area contributed by atoms with Crippen molar-refractivity contribution in [3.63, 3.8) is 0 Å². The highest BCUT2D eigenvalue weighted by atomic mass is 79.9. The molecule has 1 N–H and O–H groups in total. The molecular weight excluding hydrogens is 408 g/mol. The Morgan fingerprint density at radius 3 is 2.76 bits per heavy atom. The van der Waals surface area contributed by atoms with Gasteiger partial charge in [0, 0.05) is 10.0 Å². The number of oxazole rings is 1. The van der Waals surface area contributed by atoms with Gasteiger partial charge in [-0.05, 0) is 35.7 Å². The first kappa shape index (κ1) is 17.4. The van der Waals surface area contributed by atoms with Crippen molar-refractivity contribution in [2.75, 3.05) is 6.54 Å². The number of halogens is 1. The van der Waals surface area contributed by atoms with Gasteiger partial charge in [0.2, 0.25) is 5.89 Å². The summed E-state index contributed by atoms with van der Waals surface area (Å²) in [4.78, 5) is 28.8. The molecule has 0 aliphatic rings. The minimum atomic E-state index is -0.550. The van der Waals surface area contributed by atoms with E-state index in [-0.39, 0.29) is 19.1 Å². The first-order chi connectivity index (χ1) is 12.1. The van der Waals surface area contributed by atoms with Crippen LogP contribution < -0.4 is 5.32 Å². The third kappa shape index (κ3) is 4.77. The molecule has 2 heterocycles. The summed E-state index contributed by atoms with van der Waals surface area (Å²) < 4.78 is 11.3. The number of thiophene rings is 1. The number of esters is 1. The third-order valence-electron chi connectivity index (χ3n) is 3.16. The van der Waals surface area contributed by atoms with Crippen LogP contribution in [0.5, 0.6) is 0 Å². The number of ether oxygens (including phenoxy) is 1. The molecule has 0 unspecified atom stereocenters. The lowest BCUT2D eigenvalue weighted by Gasteiger charge is -2.05. The fourth-order valence-electron chi connectivity index (χ4n) is 1.95. The van der Waals surface area contributed by atoms with E-state index >= 15 is 0 Å². The smallest absolute Gasteiger partial charge is 0.325 e. The normalized spacial score (nSPS) is 10.4. The van der Waals surface area contributed by atoms with E-state index in [0.717, 1.165) is 9.35 Å². The van der Waals surface area contributed by atoms with Gasteiger partial charge in [0.1, 0.15) is 25.1 Å². The van der Waals surface area contributed by atoms with Gasteiger partial charge in [0.15, 0.2) is 0 Å². The summed E-state index contributed by atoms with van der Waals surface area (Å²) in [5.74, 6) is -0.401. The van der Waals surface area contributed by atoms with Crippen LogP contribution in [0.25, 0.3) is 10.8 Å². The van der Waals surface area contributed by atoms with Gasteiger partial charge in [-0.2, -0.15) is 0 Å². The van der Waals surface area contributed by atoms with Gasteiger partial charge in [0.25, 0.3) is 5.91 Å². The lowest BCUT2D eigenvalue weighted by atomic mass is 10.2. The molecule has 0 spiro atoms. The van der Waals surface area contributed by atoms with Crippen LogP contribution >= 0.6 is 27.3 Å². The largest absolute Gasteiger partial charge is 0.458 e. The molecule has 0 aliphatic heterocycles. The molecule has 0 saturated carbocycles. The van der Waals surface area contributed by atoms with E-state index in [9.17, 15) is 9.59 Å². The molecule has 128 valence electrons. The number of hydrogen-bond donors (Lipinski definition) is 1. The van der Waals surface area contributed by atoms with Crippen molar-refractivity contribution in [3.8, 4) is 10.8 Å². The standard InChI is InChI=1S/C17H13BrN2O4S/c18-12-5-3-11(4-6-12)16(22)19-8-15(21)23-9-13-10-24-17(20-13)14-2-1-7-25-14/h1-7,10H,8-9H2,(H,19,22). The summed E-state index contributed by atoms with van der Waals surface area (Å²) in [6, 6.07) is 10.6. The maximum absolute atomic E-state index is 11.9. The van der Waals surface area contributed by atoms with Gasteiger partial charge in [-0.25, -0.2) is 4.98 Å². The molecule has 3 aromatic rings. The number of rotatable bonds is 6. The molecule has 25 heavy (non-hydrogen) atoms. The molecule has 8 heteroatoms. The SMILES string of the molecule is O=C(CNC(=O)c1ccc(Br)cc1)OCc1coc(-c2cccs2)n1. The molecular formula is C17H13BrN2O4S. The zero-order valence-electron chi connectivity index (χ0n) is 12.9. The number of benzene rings is 1. The maximum atomic E-state index is 11.9. The molecule has 0 saturated heterocycles. The number of amides is 1. The van der Waals surface area contributed by atoms with Crippen molar-refractivity contribution < 1.29 is 18.7 Å². The van der Waals surface area contributed by atoms with E-state index in [1.807, 2.05) is 17.5 Å². The molecule has 0 fully saturated rings. The van der Waals surface area contributed by atoms with Crippen molar-refractivity contribution in [3.05, 3.63) is 63.8 Å². The minimum absolute atomic E-state index is 0.0120. The number of aromatic nitrogens is 1. The van der Waals surface area contributed by atoms with Crippen LogP contribution in [0.15, 0.2) is 56.9 Å². The molecule has 6 nitrogen and oxygen atoms in total. The Kier molecular flexibility index (Phi) is 5.62. The molecule has 2 aromatic heterocycles. The van der Waals surface area contributed by atoms with Crippen LogP contribution in [-0.2, 0) is 16.1 Å². The summed E-state index contributed by atoms with van der Waals surface area (Å²) in [7, 11) is 0. The molecule has 3 rings (SSSR count). The van der Waals surface area contributed by atoms with Crippen LogP contribution in [0.4, 0.5) is 0 Å². The second kappa shape index (κ2) is 8.09. The molecule has 1 aromatic carbocycles. The molecule has 0 aliphatic carbocycles. The van der Waals surface area contributed by atoms with Gasteiger partial charge in [-0.3, -0.25) is 9.59 Å². The Labute approximate surface area is 156 Å². The average Bonchev–Trinajstić information content (AvgIpc) is 3.29. The second-order valence-electron chi connectivity index (χ2n) is 4.97. The van der Waals surface area contributed by atoms with Crippen LogP contribution in [-0.4, -0.2) is 23.4 Å². The number of nitrogens with one attached hydrogen (secondary N) is 1. The Balaban J connectivity index is 1.45. The number of carbonyl (C=O) groups is 2. The highest BCUT2D eigenvalue weighted by molar-refractivity contribution is 9.10. The summed E-state index contributed by atoms with van der Waals surface area (Å²) in [5.41, 5.74) is 0.976. The van der Waals surface area contributed by atoms with Gasteiger partial charge < -0.3 is 14.5 Å². The summed E-state index contributed by atoms with van der Waals surface area (Å²) >= 11 is 4.80. The van der Waals surface area contributed by atoms with E-state index < -0.39 is 5.97 Å². The first-order valence-corrected chi connectivity index (χ1v) is 8.97. The second-order valence-corrected chi connectivity index (χ2v) is 6.83. The Bertz CT molecular complexity index is 859. The van der Waals surface area contributed by atoms with Crippen LogP contribution in [0.1, 0.15) is 16.1 Å². The Morgan fingerprint density at radius 1 is 1.24 bits per heavy atom. The van der Waals surface area contributed by atoms with E-state index in [4.69, 9.17) is 9.15 Å². The van der Waals surface area contributed by atoms with Crippen molar-refractivity contribution in [1.82, 2.24) is 10.3 Å². The lowest BCUT2D eigenvalue weighted by Crippen LogP contribution is -2.30. The van der Waals surface area contributed by atoms with Crippen LogP contribution in [0.3, 0.4) is 0 Å². The predicted molar refractivity (Wildman–Crippen MR) is 96.1 cm³/mol. The quantitative estimate of drug-likeness (QED) is 0.615. The van der Waals surface area contributed by atoms with E-state index in [0.29, 0.717) is 17.1 Å². The maximum Gasteiger partial charge on any atom is 0.325 e. The van der Waals surface area contributed by atoms with Crippen molar-refractivity contribution >= 4 is 39.1 Å². The van der Waals surface area contributed by atoms with Gasteiger partial charge in [-0.1, -0.05) is 22.0 Å². The fourth-order valence-corrected chi connectivity index (χ4v) is 2.87. The number of nitrogens with zero attached hydrogens (tertiary/aromatic N) is 1. The highest BCUT2D eigenvalue weighted by Crippen LogP contribution is 2.23. The van der Waals surface area contributed by atoms with Crippen LogP contribution in [0.2, 0.25) is 0 Å². The predicted octanol–water partition coefficient (Wildman–Crippen LogP) is 3.64. The van der Waals surface area contributed by atoms with E-state index in [1.54, 1.807) is 24.3 Å². The van der Waals surface area contributed by atoms with E-state index in [1.165, 1.54) is 17.6 Å². The topological polar surface area (TPSA) is 81.4 Å². The van der Waals surface area contributed by atoms with Gasteiger partial charge in [0.05, 0.1) is 4.88 Å². The Hall–Kier alpha value is -2.45. The Morgan fingerprint density at radius 2 is 2.04 bits per heavy atom. The van der Waals surface area contributed by atoms with Crippen molar-refractivity contribution in [1.29, 1.82) is 0 Å². The van der Waals surface area contributed by atoms with Crippen molar-refractivity contribution in [2.24, 2.45) is 0 Å². The summed E-state index contributed by atoms with van der Waals surface area (Å²) in [5, 5.41) is 4.44. The fraction of sp³-hybridized carbons (Fsp3) is 0.118. The number of hydrogen-bond acceptors (Lipinski definition) is 6. The lowest BCUT2D eigenvalue weighted by molar-refractivity contribution is -0.143. The minimum Gasteiger partial charge on any atom is -0.458 e. The monoisotopic (exact) mass is 420 g/mol. The first-order valence-electron chi connectivity index (χ1n) is 7.29. The zero-order chi connectivity index (χ0) is 17.6. The highest BCUT2D eigenvalue weighted by Gasteiger charge is 2.11. The average molecular weight is 421 g/mol. The zero-order valence-corrected chi connectivity index (χ0v) is 15.3. The number of carbonyl (C=O) groups excluding carboxylic acids is 2.